The van der Waals surface area contributed by atoms with Crippen LogP contribution in [0, 0.1) is 0 Å². The first kappa shape index (κ1) is 10.3. The van der Waals surface area contributed by atoms with Crippen LogP contribution < -0.4 is 16.2 Å². The molecule has 0 saturated carbocycles. The van der Waals surface area contributed by atoms with Gasteiger partial charge in [0.1, 0.15) is 5.75 Å². The summed E-state index contributed by atoms with van der Waals surface area (Å²) < 4.78 is 5.28. The highest BCUT2D eigenvalue weighted by molar-refractivity contribution is 5.98. The summed E-state index contributed by atoms with van der Waals surface area (Å²) in [6, 6.07) is 11.5. The molecule has 16 heavy (non-hydrogen) atoms. The predicted octanol–water partition coefficient (Wildman–Crippen LogP) is 1.75. The molecule has 0 spiro atoms. The van der Waals surface area contributed by atoms with Gasteiger partial charge in [0, 0.05) is 10.8 Å². The molecule has 0 heterocycles. The molecule has 0 aromatic heterocycles. The van der Waals surface area contributed by atoms with E-state index in [0.29, 0.717) is 0 Å². The van der Waals surface area contributed by atoms with Crippen LogP contribution in [0.15, 0.2) is 41.4 Å². The van der Waals surface area contributed by atoms with Gasteiger partial charge >= 0.3 is 0 Å². The molecule has 0 saturated heterocycles. The van der Waals surface area contributed by atoms with Gasteiger partial charge in [0.05, 0.1) is 12.8 Å². The van der Waals surface area contributed by atoms with E-state index in [4.69, 9.17) is 16.2 Å². The molecular weight excluding hydrogens is 202 g/mol. The van der Waals surface area contributed by atoms with E-state index in [9.17, 15) is 0 Å². The summed E-state index contributed by atoms with van der Waals surface area (Å²) in [6.07, 6.45) is 0. The molecule has 0 atom stereocenters. The van der Waals surface area contributed by atoms with Crippen molar-refractivity contribution in [3.8, 4) is 5.75 Å². The quantitative estimate of drug-likeness (QED) is 0.592. The number of nitrogens with zero attached hydrogens (tertiary/aromatic N) is 1. The highest BCUT2D eigenvalue weighted by Gasteiger charge is 2.04. The fourth-order valence-electron chi connectivity index (χ4n) is 1.67. The van der Waals surface area contributed by atoms with Crippen molar-refractivity contribution < 1.29 is 4.74 Å². The summed E-state index contributed by atoms with van der Waals surface area (Å²) in [6.45, 7) is 0. The Morgan fingerprint density at radius 1 is 1.06 bits per heavy atom. The van der Waals surface area contributed by atoms with Gasteiger partial charge in [0.25, 0.3) is 0 Å². The monoisotopic (exact) mass is 215 g/mol. The molecule has 0 bridgehead atoms. The summed E-state index contributed by atoms with van der Waals surface area (Å²) in [4.78, 5) is 4.08. The Labute approximate surface area is 93.5 Å². The fraction of sp³-hybridized carbons (Fsp3) is 0.0833. The van der Waals surface area contributed by atoms with E-state index in [1.54, 1.807) is 7.11 Å². The number of hydrogen-bond acceptors (Lipinski definition) is 2. The Morgan fingerprint density at radius 2 is 1.75 bits per heavy atom. The third kappa shape index (κ3) is 1.77. The topological polar surface area (TPSA) is 73.6 Å². The highest BCUT2D eigenvalue weighted by Crippen LogP contribution is 2.32. The number of aliphatic imine (C=N–C) groups is 1. The number of fused-ring (bicyclic) bond motifs is 1. The van der Waals surface area contributed by atoms with Gasteiger partial charge in [-0.3, -0.25) is 0 Å². The second-order valence-electron chi connectivity index (χ2n) is 3.37. The van der Waals surface area contributed by atoms with Gasteiger partial charge in [-0.2, -0.15) is 0 Å². The first-order chi connectivity index (χ1) is 7.72. The van der Waals surface area contributed by atoms with Crippen LogP contribution in [0.3, 0.4) is 0 Å². The number of benzene rings is 2. The molecule has 0 amide bonds. The van der Waals surface area contributed by atoms with Gasteiger partial charge in [-0.25, -0.2) is 4.99 Å². The van der Waals surface area contributed by atoms with Crippen molar-refractivity contribution in [2.45, 2.75) is 0 Å². The molecule has 4 heteroatoms. The molecule has 0 aliphatic heterocycles. The fourth-order valence-corrected chi connectivity index (χ4v) is 1.67. The molecular formula is C12H13N3O. The maximum absolute atomic E-state index is 5.38. The van der Waals surface area contributed by atoms with Gasteiger partial charge in [-0.1, -0.05) is 24.3 Å². The van der Waals surface area contributed by atoms with Crippen molar-refractivity contribution in [1.82, 2.24) is 0 Å². The van der Waals surface area contributed by atoms with Crippen molar-refractivity contribution in [3.63, 3.8) is 0 Å². The minimum Gasteiger partial charge on any atom is -0.496 e. The number of guanidine groups is 1. The summed E-state index contributed by atoms with van der Waals surface area (Å²) in [5.41, 5.74) is 11.5. The van der Waals surface area contributed by atoms with Crippen molar-refractivity contribution >= 4 is 22.4 Å². The minimum atomic E-state index is 0.0512. The summed E-state index contributed by atoms with van der Waals surface area (Å²) in [5.74, 6) is 0.862. The third-order valence-corrected chi connectivity index (χ3v) is 2.33. The Morgan fingerprint density at radius 3 is 2.38 bits per heavy atom. The summed E-state index contributed by atoms with van der Waals surface area (Å²) in [7, 11) is 1.64. The average Bonchev–Trinajstić information content (AvgIpc) is 2.29. The zero-order valence-electron chi connectivity index (χ0n) is 8.97. The Hall–Kier alpha value is -2.23. The van der Waals surface area contributed by atoms with Gasteiger partial charge in [-0.15, -0.1) is 0 Å². The van der Waals surface area contributed by atoms with Gasteiger partial charge < -0.3 is 16.2 Å². The number of ether oxygens (including phenoxy) is 1. The second-order valence-corrected chi connectivity index (χ2v) is 3.37. The molecule has 2 aromatic rings. The van der Waals surface area contributed by atoms with Crippen LogP contribution in [0.5, 0.6) is 5.75 Å². The van der Waals surface area contributed by atoms with Crippen molar-refractivity contribution in [3.05, 3.63) is 36.4 Å². The van der Waals surface area contributed by atoms with E-state index in [1.165, 1.54) is 0 Å². The largest absolute Gasteiger partial charge is 0.496 e. The lowest BCUT2D eigenvalue weighted by molar-refractivity contribution is 0.420. The van der Waals surface area contributed by atoms with Crippen LogP contribution in [0.2, 0.25) is 0 Å². The first-order valence-corrected chi connectivity index (χ1v) is 4.87. The molecule has 0 fully saturated rings. The van der Waals surface area contributed by atoms with Crippen molar-refractivity contribution in [2.24, 2.45) is 16.5 Å². The van der Waals surface area contributed by atoms with Crippen LogP contribution in [-0.2, 0) is 0 Å². The average molecular weight is 215 g/mol. The molecule has 4 nitrogen and oxygen atoms in total. The predicted molar refractivity (Wildman–Crippen MR) is 66.0 cm³/mol. The van der Waals surface area contributed by atoms with E-state index in [2.05, 4.69) is 4.99 Å². The van der Waals surface area contributed by atoms with Gasteiger partial charge in [0.15, 0.2) is 5.96 Å². The van der Waals surface area contributed by atoms with Crippen LogP contribution in [0.25, 0.3) is 10.8 Å². The number of rotatable bonds is 2. The number of nitrogens with two attached hydrogens (primary N) is 2. The van der Waals surface area contributed by atoms with E-state index in [-0.39, 0.29) is 5.96 Å². The maximum atomic E-state index is 5.38. The van der Waals surface area contributed by atoms with Crippen LogP contribution in [0.4, 0.5) is 5.69 Å². The molecule has 0 aliphatic carbocycles. The smallest absolute Gasteiger partial charge is 0.191 e. The maximum Gasteiger partial charge on any atom is 0.191 e. The Balaban J connectivity index is 2.74. The van der Waals surface area contributed by atoms with Gasteiger partial charge in [0.2, 0.25) is 0 Å². The number of methoxy groups -OCH3 is 1. The van der Waals surface area contributed by atoms with Crippen LogP contribution in [-0.4, -0.2) is 13.1 Å². The zero-order chi connectivity index (χ0) is 11.5. The van der Waals surface area contributed by atoms with E-state index in [0.717, 1.165) is 22.2 Å². The van der Waals surface area contributed by atoms with E-state index in [1.807, 2.05) is 36.4 Å². The second kappa shape index (κ2) is 4.10. The third-order valence-electron chi connectivity index (χ3n) is 2.33. The lowest BCUT2D eigenvalue weighted by atomic mass is 10.1. The molecule has 4 N–H and O–H groups in total. The minimum absolute atomic E-state index is 0.0512. The molecule has 0 aliphatic rings. The molecule has 0 unspecified atom stereocenters. The van der Waals surface area contributed by atoms with E-state index < -0.39 is 0 Å². The molecule has 2 rings (SSSR count). The molecule has 2 aromatic carbocycles. The molecule has 0 radical (unpaired) electrons. The zero-order valence-corrected chi connectivity index (χ0v) is 8.97. The standard InChI is InChI=1S/C12H13N3O/c1-16-11-7-6-10(15-12(13)14)8-4-2-3-5-9(8)11/h2-7H,1H3,(H4,13,14,15). The number of hydrogen-bond donors (Lipinski definition) is 2. The Kier molecular flexibility index (Phi) is 2.64. The van der Waals surface area contributed by atoms with Crippen LogP contribution >= 0.6 is 0 Å². The first-order valence-electron chi connectivity index (χ1n) is 4.87. The lowest BCUT2D eigenvalue weighted by Gasteiger charge is -2.07. The van der Waals surface area contributed by atoms with Gasteiger partial charge in [-0.05, 0) is 12.1 Å². The summed E-state index contributed by atoms with van der Waals surface area (Å²) >= 11 is 0. The Bertz CT molecular complexity index is 545. The van der Waals surface area contributed by atoms with E-state index >= 15 is 0 Å². The summed E-state index contributed by atoms with van der Waals surface area (Å²) in [5, 5.41) is 1.96. The molecule has 82 valence electrons. The highest BCUT2D eigenvalue weighted by atomic mass is 16.5. The van der Waals surface area contributed by atoms with Crippen molar-refractivity contribution in [1.29, 1.82) is 0 Å². The normalized spacial score (nSPS) is 10.1. The lowest BCUT2D eigenvalue weighted by Crippen LogP contribution is -2.21. The van der Waals surface area contributed by atoms with Crippen molar-refractivity contribution in [2.75, 3.05) is 7.11 Å². The van der Waals surface area contributed by atoms with Crippen LogP contribution in [0.1, 0.15) is 0 Å². The SMILES string of the molecule is COc1ccc(N=C(N)N)c2ccccc12.